The lowest BCUT2D eigenvalue weighted by Gasteiger charge is -2.27. The molecule has 6 nitrogen and oxygen atoms in total. The van der Waals surface area contributed by atoms with Crippen LogP contribution in [-0.4, -0.2) is 48.6 Å². The number of aliphatic hydroxyl groups excluding tert-OH is 1. The topological polar surface area (TPSA) is 76.1 Å². The van der Waals surface area contributed by atoms with E-state index >= 15 is 0 Å². The van der Waals surface area contributed by atoms with Gasteiger partial charge < -0.3 is 19.5 Å². The maximum Gasteiger partial charge on any atom is 0.290 e. The molecule has 1 unspecified atom stereocenters. The third-order valence-electron chi connectivity index (χ3n) is 5.27. The quantitative estimate of drug-likeness (QED) is 0.591. The highest BCUT2D eigenvalue weighted by atomic mass is 16.5. The van der Waals surface area contributed by atoms with Crippen LogP contribution in [0.3, 0.4) is 0 Å². The van der Waals surface area contributed by atoms with Crippen molar-refractivity contribution in [3.05, 3.63) is 77.1 Å². The molecule has 1 atom stereocenters. The van der Waals surface area contributed by atoms with Gasteiger partial charge in [0, 0.05) is 20.1 Å². The van der Waals surface area contributed by atoms with E-state index in [4.69, 9.17) is 9.47 Å². The van der Waals surface area contributed by atoms with Crippen molar-refractivity contribution in [1.29, 1.82) is 0 Å². The Labute approximate surface area is 183 Å². The number of ether oxygens (including phenoxy) is 2. The van der Waals surface area contributed by atoms with Gasteiger partial charge in [-0.3, -0.25) is 9.59 Å². The van der Waals surface area contributed by atoms with E-state index in [1.165, 1.54) is 4.90 Å². The second-order valence-corrected chi connectivity index (χ2v) is 7.49. The van der Waals surface area contributed by atoms with Gasteiger partial charge >= 0.3 is 0 Å². The summed E-state index contributed by atoms with van der Waals surface area (Å²) in [5, 5.41) is 10.6. The number of Topliss-reactive ketones (excluding diaryl/α,β-unsaturated/α-hetero) is 1. The molecule has 6 heteroatoms. The van der Waals surface area contributed by atoms with E-state index < -0.39 is 17.7 Å². The van der Waals surface area contributed by atoms with Crippen molar-refractivity contribution in [2.75, 3.05) is 26.9 Å². The zero-order valence-corrected chi connectivity index (χ0v) is 18.0. The molecule has 2 aromatic carbocycles. The lowest BCUT2D eigenvalue weighted by Crippen LogP contribution is -2.34. The minimum Gasteiger partial charge on any atom is -0.503 e. The monoisotopic (exact) mass is 423 g/mol. The molecule has 1 amide bonds. The van der Waals surface area contributed by atoms with E-state index in [1.54, 1.807) is 7.11 Å². The predicted octanol–water partition coefficient (Wildman–Crippen LogP) is 4.02. The number of aryl methyl sites for hydroxylation is 1. The molecular formula is C25H29NO5. The van der Waals surface area contributed by atoms with Crippen molar-refractivity contribution in [2.45, 2.75) is 32.2 Å². The minimum absolute atomic E-state index is 0.143. The van der Waals surface area contributed by atoms with Crippen LogP contribution < -0.4 is 4.74 Å². The summed E-state index contributed by atoms with van der Waals surface area (Å²) in [6.45, 7) is 3.16. The first-order valence-electron chi connectivity index (χ1n) is 10.6. The molecule has 1 aliphatic rings. The molecule has 1 N–H and O–H groups in total. The van der Waals surface area contributed by atoms with E-state index in [0.717, 1.165) is 17.5 Å². The standard InChI is InChI=1S/C25H29NO5/c1-3-15-31-20-11-7-10-19(17-20)23-22(24(28)25(29)26(23)14-16-30-2)21(27)13-12-18-8-5-4-6-9-18/h4-11,17,23,28H,3,12-16H2,1-2H3. The SMILES string of the molecule is CCCOc1cccc(C2C(C(=O)CCc3ccccc3)=C(O)C(=O)N2CCOC)c1. The molecule has 0 aliphatic carbocycles. The van der Waals surface area contributed by atoms with Crippen molar-refractivity contribution < 1.29 is 24.2 Å². The minimum atomic E-state index is -0.670. The highest BCUT2D eigenvalue weighted by Gasteiger charge is 2.43. The number of hydrogen-bond acceptors (Lipinski definition) is 5. The summed E-state index contributed by atoms with van der Waals surface area (Å²) in [4.78, 5) is 27.5. The second kappa shape index (κ2) is 10.8. The van der Waals surface area contributed by atoms with Gasteiger partial charge in [0.2, 0.25) is 0 Å². The van der Waals surface area contributed by atoms with Crippen LogP contribution in [0.15, 0.2) is 65.9 Å². The van der Waals surface area contributed by atoms with Gasteiger partial charge in [0.25, 0.3) is 5.91 Å². The molecule has 31 heavy (non-hydrogen) atoms. The first-order chi connectivity index (χ1) is 15.1. The summed E-state index contributed by atoms with van der Waals surface area (Å²) in [7, 11) is 1.55. The van der Waals surface area contributed by atoms with Crippen LogP contribution in [0, 0.1) is 0 Å². The van der Waals surface area contributed by atoms with E-state index in [2.05, 4.69) is 0 Å². The van der Waals surface area contributed by atoms with E-state index in [9.17, 15) is 14.7 Å². The lowest BCUT2D eigenvalue weighted by atomic mass is 9.93. The number of rotatable bonds is 11. The summed E-state index contributed by atoms with van der Waals surface area (Å²) in [6.07, 6.45) is 1.61. The van der Waals surface area contributed by atoms with Crippen LogP contribution in [0.4, 0.5) is 0 Å². The van der Waals surface area contributed by atoms with Crippen molar-refractivity contribution in [3.8, 4) is 5.75 Å². The number of hydrogen-bond donors (Lipinski definition) is 1. The Hall–Kier alpha value is -3.12. The number of benzene rings is 2. The average molecular weight is 424 g/mol. The van der Waals surface area contributed by atoms with Crippen LogP contribution in [0.1, 0.15) is 36.9 Å². The zero-order valence-electron chi connectivity index (χ0n) is 18.0. The van der Waals surface area contributed by atoms with Gasteiger partial charge in [-0.05, 0) is 36.1 Å². The van der Waals surface area contributed by atoms with E-state index in [-0.39, 0.29) is 24.3 Å². The first-order valence-corrected chi connectivity index (χ1v) is 10.6. The summed E-state index contributed by atoms with van der Waals surface area (Å²) in [5.41, 5.74) is 1.90. The molecule has 1 aliphatic heterocycles. The van der Waals surface area contributed by atoms with Gasteiger partial charge in [-0.2, -0.15) is 0 Å². The number of carbonyl (C=O) groups is 2. The molecule has 0 radical (unpaired) electrons. The van der Waals surface area contributed by atoms with Crippen LogP contribution in [0.25, 0.3) is 0 Å². The highest BCUT2D eigenvalue weighted by Crippen LogP contribution is 2.39. The fourth-order valence-corrected chi connectivity index (χ4v) is 3.74. The van der Waals surface area contributed by atoms with Crippen molar-refractivity contribution in [1.82, 2.24) is 4.90 Å². The lowest BCUT2D eigenvalue weighted by molar-refractivity contribution is -0.130. The smallest absolute Gasteiger partial charge is 0.290 e. The predicted molar refractivity (Wildman–Crippen MR) is 118 cm³/mol. The Morgan fingerprint density at radius 2 is 1.87 bits per heavy atom. The fraction of sp³-hybridized carbons (Fsp3) is 0.360. The highest BCUT2D eigenvalue weighted by molar-refractivity contribution is 6.09. The number of carbonyl (C=O) groups excluding carboxylic acids is 2. The van der Waals surface area contributed by atoms with Crippen molar-refractivity contribution in [2.24, 2.45) is 0 Å². The molecule has 0 saturated carbocycles. The largest absolute Gasteiger partial charge is 0.503 e. The summed E-state index contributed by atoms with van der Waals surface area (Å²) in [5.74, 6) is -0.593. The third kappa shape index (κ3) is 5.33. The zero-order chi connectivity index (χ0) is 22.2. The van der Waals surface area contributed by atoms with Crippen molar-refractivity contribution >= 4 is 11.7 Å². The van der Waals surface area contributed by atoms with Crippen LogP contribution >= 0.6 is 0 Å². The second-order valence-electron chi connectivity index (χ2n) is 7.49. The normalized spacial score (nSPS) is 16.1. The maximum absolute atomic E-state index is 13.2. The van der Waals surface area contributed by atoms with Crippen LogP contribution in [0.2, 0.25) is 0 Å². The van der Waals surface area contributed by atoms with Gasteiger partial charge in [-0.1, -0.05) is 49.4 Å². The molecule has 2 aromatic rings. The molecule has 0 spiro atoms. The Morgan fingerprint density at radius 1 is 1.10 bits per heavy atom. The molecule has 0 fully saturated rings. The number of aliphatic hydroxyl groups is 1. The number of ketones is 1. The number of nitrogens with zero attached hydrogens (tertiary/aromatic N) is 1. The molecule has 0 saturated heterocycles. The molecule has 0 aromatic heterocycles. The Bertz CT molecular complexity index is 938. The first kappa shape index (κ1) is 22.6. The van der Waals surface area contributed by atoms with E-state index in [0.29, 0.717) is 25.4 Å². The summed E-state index contributed by atoms with van der Waals surface area (Å²) in [6, 6.07) is 16.4. The summed E-state index contributed by atoms with van der Waals surface area (Å²) < 4.78 is 10.9. The van der Waals surface area contributed by atoms with Gasteiger partial charge in [0.05, 0.1) is 24.8 Å². The van der Waals surface area contributed by atoms with Gasteiger partial charge in [-0.25, -0.2) is 0 Å². The average Bonchev–Trinajstić information content (AvgIpc) is 3.05. The number of methoxy groups -OCH3 is 1. The van der Waals surface area contributed by atoms with E-state index in [1.807, 2.05) is 61.5 Å². The van der Waals surface area contributed by atoms with Crippen LogP contribution in [-0.2, 0) is 20.7 Å². The molecule has 0 bridgehead atoms. The van der Waals surface area contributed by atoms with Gasteiger partial charge in [0.1, 0.15) is 5.75 Å². The Balaban J connectivity index is 1.90. The Morgan fingerprint density at radius 3 is 2.58 bits per heavy atom. The van der Waals surface area contributed by atoms with Crippen molar-refractivity contribution in [3.63, 3.8) is 0 Å². The van der Waals surface area contributed by atoms with Gasteiger partial charge in [-0.15, -0.1) is 0 Å². The molecule has 3 rings (SSSR count). The summed E-state index contributed by atoms with van der Waals surface area (Å²) >= 11 is 0. The third-order valence-corrected chi connectivity index (χ3v) is 5.27. The van der Waals surface area contributed by atoms with Crippen LogP contribution in [0.5, 0.6) is 5.75 Å². The molecule has 164 valence electrons. The maximum atomic E-state index is 13.2. The number of amides is 1. The molecule has 1 heterocycles. The Kier molecular flexibility index (Phi) is 7.84. The fourth-order valence-electron chi connectivity index (χ4n) is 3.74. The van der Waals surface area contributed by atoms with Gasteiger partial charge in [0.15, 0.2) is 11.5 Å². The molecular weight excluding hydrogens is 394 g/mol.